The Morgan fingerprint density at radius 1 is 1.13 bits per heavy atom. The third-order valence-corrected chi connectivity index (χ3v) is 2.86. The quantitative estimate of drug-likeness (QED) is 0.720. The number of nitrogens with zero attached hydrogens (tertiary/aromatic N) is 1. The standard InChI is InChI=1S/C10H18F3NO/c1-5-9(4,10(11,12)13)8(15)14(6-2)7-3/h5-7H2,1-4H3. The molecule has 0 aromatic rings. The van der Waals surface area contributed by atoms with Gasteiger partial charge in [-0.15, -0.1) is 0 Å². The van der Waals surface area contributed by atoms with Gasteiger partial charge in [0.25, 0.3) is 0 Å². The fourth-order valence-corrected chi connectivity index (χ4v) is 1.33. The maximum Gasteiger partial charge on any atom is 0.402 e. The molecule has 90 valence electrons. The second-order valence-electron chi connectivity index (χ2n) is 3.66. The van der Waals surface area contributed by atoms with E-state index in [4.69, 9.17) is 0 Å². The molecule has 0 aliphatic rings. The highest BCUT2D eigenvalue weighted by molar-refractivity contribution is 5.83. The highest BCUT2D eigenvalue weighted by Gasteiger charge is 2.56. The molecule has 0 aliphatic heterocycles. The van der Waals surface area contributed by atoms with Crippen LogP contribution in [0.25, 0.3) is 0 Å². The van der Waals surface area contributed by atoms with E-state index in [0.717, 1.165) is 6.92 Å². The molecule has 0 bridgehead atoms. The van der Waals surface area contributed by atoms with Crippen LogP contribution in [-0.2, 0) is 4.79 Å². The molecule has 2 nitrogen and oxygen atoms in total. The molecule has 0 N–H and O–H groups in total. The van der Waals surface area contributed by atoms with Crippen molar-refractivity contribution in [3.05, 3.63) is 0 Å². The van der Waals surface area contributed by atoms with E-state index in [2.05, 4.69) is 0 Å². The largest absolute Gasteiger partial charge is 0.402 e. The second kappa shape index (κ2) is 4.86. The Kier molecular flexibility index (Phi) is 4.62. The molecule has 0 rings (SSSR count). The summed E-state index contributed by atoms with van der Waals surface area (Å²) < 4.78 is 38.2. The molecule has 0 aromatic carbocycles. The number of hydrogen-bond donors (Lipinski definition) is 0. The van der Waals surface area contributed by atoms with Crippen LogP contribution in [0.1, 0.15) is 34.1 Å². The van der Waals surface area contributed by atoms with Crippen molar-refractivity contribution in [1.82, 2.24) is 4.90 Å². The zero-order valence-electron chi connectivity index (χ0n) is 9.61. The van der Waals surface area contributed by atoms with Crippen molar-refractivity contribution >= 4 is 5.91 Å². The molecule has 0 radical (unpaired) electrons. The van der Waals surface area contributed by atoms with E-state index in [0.29, 0.717) is 13.1 Å². The number of carbonyl (C=O) groups is 1. The summed E-state index contributed by atoms with van der Waals surface area (Å²) in [7, 11) is 0. The molecule has 1 unspecified atom stereocenters. The molecule has 0 aromatic heterocycles. The van der Waals surface area contributed by atoms with Crippen molar-refractivity contribution in [2.45, 2.75) is 40.3 Å². The SMILES string of the molecule is CCN(CC)C(=O)C(C)(CC)C(F)(F)F. The number of rotatable bonds is 4. The molecule has 0 spiro atoms. The Labute approximate surface area is 88.4 Å². The van der Waals surface area contributed by atoms with Gasteiger partial charge in [0.15, 0.2) is 0 Å². The van der Waals surface area contributed by atoms with Crippen LogP contribution in [0.2, 0.25) is 0 Å². The van der Waals surface area contributed by atoms with Crippen LogP contribution in [-0.4, -0.2) is 30.1 Å². The molecule has 0 saturated heterocycles. The lowest BCUT2D eigenvalue weighted by atomic mass is 9.85. The van der Waals surface area contributed by atoms with Gasteiger partial charge in [0.05, 0.1) is 0 Å². The molecule has 5 heteroatoms. The van der Waals surface area contributed by atoms with Crippen molar-refractivity contribution in [2.75, 3.05) is 13.1 Å². The number of halogens is 3. The predicted molar refractivity (Wildman–Crippen MR) is 52.4 cm³/mol. The number of carbonyl (C=O) groups excluding carboxylic acids is 1. The normalized spacial score (nSPS) is 15.9. The van der Waals surface area contributed by atoms with Gasteiger partial charge in [-0.1, -0.05) is 6.92 Å². The second-order valence-corrected chi connectivity index (χ2v) is 3.66. The molecule has 15 heavy (non-hydrogen) atoms. The molecular formula is C10H18F3NO. The molecule has 0 heterocycles. The summed E-state index contributed by atoms with van der Waals surface area (Å²) in [5.41, 5.74) is -2.25. The first-order valence-corrected chi connectivity index (χ1v) is 5.10. The van der Waals surface area contributed by atoms with Crippen LogP contribution in [0, 0.1) is 5.41 Å². The minimum Gasteiger partial charge on any atom is -0.342 e. The van der Waals surface area contributed by atoms with E-state index in [-0.39, 0.29) is 6.42 Å². The maximum atomic E-state index is 12.7. The van der Waals surface area contributed by atoms with Gasteiger partial charge >= 0.3 is 6.18 Å². The molecule has 0 fully saturated rings. The lowest BCUT2D eigenvalue weighted by molar-refractivity contribution is -0.223. The minimum atomic E-state index is -4.48. The Bertz CT molecular complexity index is 223. The minimum absolute atomic E-state index is 0.230. The third-order valence-electron chi connectivity index (χ3n) is 2.86. The van der Waals surface area contributed by atoms with Crippen molar-refractivity contribution in [1.29, 1.82) is 0 Å². The van der Waals surface area contributed by atoms with Crippen molar-refractivity contribution in [2.24, 2.45) is 5.41 Å². The van der Waals surface area contributed by atoms with Gasteiger partial charge in [-0.25, -0.2) is 0 Å². The first kappa shape index (κ1) is 14.3. The molecule has 1 amide bonds. The van der Waals surface area contributed by atoms with Gasteiger partial charge in [0.2, 0.25) is 5.91 Å². The number of hydrogen-bond acceptors (Lipinski definition) is 1. The summed E-state index contributed by atoms with van der Waals surface area (Å²) in [6.45, 7) is 6.31. The van der Waals surface area contributed by atoms with Crippen molar-refractivity contribution in [3.8, 4) is 0 Å². The Morgan fingerprint density at radius 3 is 1.73 bits per heavy atom. The summed E-state index contributed by atoms with van der Waals surface area (Å²) in [4.78, 5) is 12.9. The summed E-state index contributed by atoms with van der Waals surface area (Å²) in [5.74, 6) is -0.831. The fraction of sp³-hybridized carbons (Fsp3) is 0.900. The number of amides is 1. The topological polar surface area (TPSA) is 20.3 Å². The van der Waals surface area contributed by atoms with Gasteiger partial charge in [-0.3, -0.25) is 4.79 Å². The number of alkyl halides is 3. The van der Waals surface area contributed by atoms with Crippen molar-refractivity contribution in [3.63, 3.8) is 0 Å². The van der Waals surface area contributed by atoms with Crippen LogP contribution in [0.15, 0.2) is 0 Å². The van der Waals surface area contributed by atoms with E-state index in [1.165, 1.54) is 11.8 Å². The van der Waals surface area contributed by atoms with E-state index >= 15 is 0 Å². The fourth-order valence-electron chi connectivity index (χ4n) is 1.33. The molecule has 0 saturated carbocycles. The third kappa shape index (κ3) is 2.63. The Balaban J connectivity index is 5.05. The average molecular weight is 225 g/mol. The Hall–Kier alpha value is -0.740. The van der Waals surface area contributed by atoms with Gasteiger partial charge in [-0.05, 0) is 27.2 Å². The molecule has 1 atom stereocenters. The van der Waals surface area contributed by atoms with E-state index in [9.17, 15) is 18.0 Å². The molecular weight excluding hydrogens is 207 g/mol. The summed E-state index contributed by atoms with van der Waals surface area (Å²) in [6.07, 6.45) is -4.72. The van der Waals surface area contributed by atoms with Gasteiger partial charge < -0.3 is 4.90 Å². The summed E-state index contributed by atoms with van der Waals surface area (Å²) in [5, 5.41) is 0. The van der Waals surface area contributed by atoms with Crippen LogP contribution < -0.4 is 0 Å². The lowest BCUT2D eigenvalue weighted by Crippen LogP contribution is -2.50. The Morgan fingerprint density at radius 2 is 1.53 bits per heavy atom. The van der Waals surface area contributed by atoms with E-state index in [1.807, 2.05) is 0 Å². The van der Waals surface area contributed by atoms with Crippen LogP contribution >= 0.6 is 0 Å². The average Bonchev–Trinajstić information content (AvgIpc) is 2.16. The van der Waals surface area contributed by atoms with E-state index < -0.39 is 17.5 Å². The van der Waals surface area contributed by atoms with Gasteiger partial charge in [0.1, 0.15) is 5.41 Å². The first-order valence-electron chi connectivity index (χ1n) is 5.10. The van der Waals surface area contributed by atoms with E-state index in [1.54, 1.807) is 13.8 Å². The first-order chi connectivity index (χ1) is 6.74. The lowest BCUT2D eigenvalue weighted by Gasteiger charge is -2.34. The van der Waals surface area contributed by atoms with Crippen molar-refractivity contribution < 1.29 is 18.0 Å². The van der Waals surface area contributed by atoms with Gasteiger partial charge in [-0.2, -0.15) is 13.2 Å². The monoisotopic (exact) mass is 225 g/mol. The summed E-state index contributed by atoms with van der Waals surface area (Å²) in [6, 6.07) is 0. The van der Waals surface area contributed by atoms with Crippen LogP contribution in [0.5, 0.6) is 0 Å². The predicted octanol–water partition coefficient (Wildman–Crippen LogP) is 2.83. The van der Waals surface area contributed by atoms with Gasteiger partial charge in [0, 0.05) is 13.1 Å². The van der Waals surface area contributed by atoms with Crippen LogP contribution in [0.3, 0.4) is 0 Å². The highest BCUT2D eigenvalue weighted by atomic mass is 19.4. The summed E-state index contributed by atoms with van der Waals surface area (Å²) >= 11 is 0. The zero-order chi connectivity index (χ0) is 12.3. The van der Waals surface area contributed by atoms with Crippen LogP contribution in [0.4, 0.5) is 13.2 Å². The zero-order valence-corrected chi connectivity index (χ0v) is 9.61. The molecule has 0 aliphatic carbocycles. The maximum absolute atomic E-state index is 12.7. The smallest absolute Gasteiger partial charge is 0.342 e. The highest BCUT2D eigenvalue weighted by Crippen LogP contribution is 2.42.